The molecular weight excluding hydrogens is 277 g/mol. The van der Waals surface area contributed by atoms with E-state index in [1.807, 2.05) is 6.92 Å². The van der Waals surface area contributed by atoms with Gasteiger partial charge in [-0.15, -0.1) is 0 Å². The van der Waals surface area contributed by atoms with Gasteiger partial charge < -0.3 is 0 Å². The summed E-state index contributed by atoms with van der Waals surface area (Å²) in [7, 11) is 0. The van der Waals surface area contributed by atoms with Crippen LogP contribution in [0.4, 0.5) is 0 Å². The third-order valence-corrected chi connectivity index (χ3v) is 2.69. The Morgan fingerprint density at radius 3 is 2.71 bits per heavy atom. The van der Waals surface area contributed by atoms with Gasteiger partial charge in [-0.1, -0.05) is 0 Å². The monoisotopic (exact) mass is 289 g/mol. The van der Waals surface area contributed by atoms with Crippen molar-refractivity contribution in [3.63, 3.8) is 0 Å². The van der Waals surface area contributed by atoms with E-state index < -0.39 is 0 Å². The summed E-state index contributed by atoms with van der Waals surface area (Å²) < 4.78 is 6.54. The van der Waals surface area contributed by atoms with Crippen LogP contribution in [-0.2, 0) is 30.9 Å². The summed E-state index contributed by atoms with van der Waals surface area (Å²) >= 11 is 0.990. The molecule has 0 aliphatic heterocycles. The summed E-state index contributed by atoms with van der Waals surface area (Å²) in [6, 6.07) is 0. The van der Waals surface area contributed by atoms with Crippen LogP contribution in [0.25, 0.3) is 0 Å². The van der Waals surface area contributed by atoms with Crippen LogP contribution >= 0.6 is 0 Å². The molecule has 38 valence electrons. The van der Waals surface area contributed by atoms with E-state index in [1.165, 1.54) is 10.4 Å². The minimum absolute atomic E-state index is 0.883. The van der Waals surface area contributed by atoms with E-state index in [9.17, 15) is 0 Å². The molecule has 0 N–H and O–H groups in total. The zero-order chi connectivity index (χ0) is 5.54. The molecule has 0 spiro atoms. The Morgan fingerprint density at radius 2 is 2.29 bits per heavy atom. The fourth-order valence-electron chi connectivity index (χ4n) is 0.348. The van der Waals surface area contributed by atoms with Gasteiger partial charge in [0.25, 0.3) is 0 Å². The summed E-state index contributed by atoms with van der Waals surface area (Å²) in [5.41, 5.74) is 0. The molecule has 0 aromatic rings. The molecule has 2 heteroatoms. The normalized spacial score (nSPS) is 9.57. The van der Waals surface area contributed by atoms with E-state index in [1.54, 1.807) is 0 Å². The Bertz CT molecular complexity index is 27.3. The van der Waals surface area contributed by atoms with Crippen LogP contribution in [0.3, 0.4) is 0 Å². The zero-order valence-electron chi connectivity index (χ0n) is 4.94. The van der Waals surface area contributed by atoms with Gasteiger partial charge in [0.05, 0.1) is 0 Å². The first-order chi connectivity index (χ1) is 3.41. The van der Waals surface area contributed by atoms with E-state index in [0.717, 1.165) is 39.3 Å². The molecule has 0 fully saturated rings. The molecule has 0 aromatic heterocycles. The predicted molar refractivity (Wildman–Crippen MR) is 25.9 cm³/mol. The molecule has 0 amide bonds. The van der Waals surface area contributed by atoms with Gasteiger partial charge in [0.2, 0.25) is 0 Å². The first kappa shape index (κ1) is 7.90. The van der Waals surface area contributed by atoms with Gasteiger partial charge in [-0.2, -0.15) is 0 Å². The molecule has 0 unspecified atom stereocenters. The molecule has 0 saturated heterocycles. The van der Waals surface area contributed by atoms with Gasteiger partial charge >= 0.3 is 61.3 Å². The van der Waals surface area contributed by atoms with Crippen molar-refractivity contribution in [1.82, 2.24) is 0 Å². The Labute approximate surface area is 61.4 Å². The van der Waals surface area contributed by atoms with Gasteiger partial charge in [0.15, 0.2) is 0 Å². The molecule has 0 radical (unpaired) electrons. The molecule has 0 rings (SSSR count). The second kappa shape index (κ2) is 6.90. The van der Waals surface area contributed by atoms with Crippen molar-refractivity contribution in [1.29, 1.82) is 0 Å². The van der Waals surface area contributed by atoms with Crippen LogP contribution in [0.1, 0.15) is 13.3 Å². The van der Waals surface area contributed by atoms with Gasteiger partial charge in [0.1, 0.15) is 0 Å². The summed E-state index contributed by atoms with van der Waals surface area (Å²) in [4.78, 5) is 0. The number of hydrogen-bond donors (Lipinski definition) is 0. The van der Waals surface area contributed by atoms with Crippen LogP contribution in [0, 0.1) is 0 Å². The van der Waals surface area contributed by atoms with Crippen molar-refractivity contribution in [3.05, 3.63) is 0 Å². The molecule has 0 aliphatic rings. The van der Waals surface area contributed by atoms with E-state index >= 15 is 0 Å². The van der Waals surface area contributed by atoms with Gasteiger partial charge in [-0.25, -0.2) is 0 Å². The molecular formula is C5H11HgO+. The Balaban J connectivity index is 2.45. The van der Waals surface area contributed by atoms with Crippen LogP contribution < -0.4 is 0 Å². The Hall–Kier alpha value is 0.895. The van der Waals surface area contributed by atoms with Crippen molar-refractivity contribution >= 4 is 0 Å². The fraction of sp³-hybridized carbons (Fsp3) is 1.00. The molecule has 0 aliphatic carbocycles. The first-order valence-electron chi connectivity index (χ1n) is 2.78. The molecule has 0 aromatic carbocycles. The van der Waals surface area contributed by atoms with E-state index in [4.69, 9.17) is 4.74 Å². The van der Waals surface area contributed by atoms with Crippen LogP contribution in [0.2, 0.25) is 3.93 Å². The van der Waals surface area contributed by atoms with Crippen LogP contribution in [0.5, 0.6) is 0 Å². The average molecular weight is 288 g/mol. The summed E-state index contributed by atoms with van der Waals surface area (Å²) in [5.74, 6) is 0. The van der Waals surface area contributed by atoms with Gasteiger partial charge in [0, 0.05) is 0 Å². The summed E-state index contributed by atoms with van der Waals surface area (Å²) in [5, 5.41) is 0. The third-order valence-electron chi connectivity index (χ3n) is 0.743. The van der Waals surface area contributed by atoms with Crippen molar-refractivity contribution in [2.45, 2.75) is 17.3 Å². The van der Waals surface area contributed by atoms with Crippen molar-refractivity contribution in [2.24, 2.45) is 0 Å². The molecule has 0 atom stereocenters. The topological polar surface area (TPSA) is 9.23 Å². The fourth-order valence-corrected chi connectivity index (χ4v) is 1.14. The quantitative estimate of drug-likeness (QED) is 0.561. The Kier molecular flexibility index (Phi) is 7.78. The molecule has 1 nitrogen and oxygen atoms in total. The molecule has 7 heavy (non-hydrogen) atoms. The van der Waals surface area contributed by atoms with Gasteiger partial charge in [-0.05, 0) is 0 Å². The summed E-state index contributed by atoms with van der Waals surface area (Å²) in [6.07, 6.45) is 1.29. The molecule has 0 bridgehead atoms. The van der Waals surface area contributed by atoms with Crippen molar-refractivity contribution in [2.75, 3.05) is 13.2 Å². The SMILES string of the molecule is CCOCC[CH2][Hg+]. The van der Waals surface area contributed by atoms with Crippen molar-refractivity contribution < 1.29 is 30.9 Å². The second-order valence-corrected chi connectivity index (χ2v) is 4.15. The standard InChI is InChI=1S/C5H11O.Hg/c1-3-5-6-4-2;/h1,3-5H2,2H3;/q;+1. The van der Waals surface area contributed by atoms with E-state index in [0.29, 0.717) is 0 Å². The third kappa shape index (κ3) is 6.90. The number of rotatable bonds is 4. The number of ether oxygens (including phenoxy) is 1. The average Bonchev–Trinajstić information content (AvgIpc) is 1.69. The van der Waals surface area contributed by atoms with Crippen LogP contribution in [-0.4, -0.2) is 13.2 Å². The van der Waals surface area contributed by atoms with Crippen LogP contribution in [0.15, 0.2) is 0 Å². The minimum atomic E-state index is 0.883. The molecule has 0 saturated carbocycles. The summed E-state index contributed by atoms with van der Waals surface area (Å²) in [6.45, 7) is 3.91. The predicted octanol–water partition coefficient (Wildman–Crippen LogP) is 1.38. The first-order valence-corrected chi connectivity index (χ1v) is 6.67. The zero-order valence-corrected chi connectivity index (χ0v) is 10.4. The maximum atomic E-state index is 5.11. The number of hydrogen-bond acceptors (Lipinski definition) is 1. The van der Waals surface area contributed by atoms with E-state index in [2.05, 4.69) is 0 Å². The second-order valence-electron chi connectivity index (χ2n) is 1.40. The maximum absolute atomic E-state index is 5.11. The molecule has 0 heterocycles. The van der Waals surface area contributed by atoms with Crippen molar-refractivity contribution in [3.8, 4) is 0 Å². The van der Waals surface area contributed by atoms with E-state index in [-0.39, 0.29) is 0 Å². The van der Waals surface area contributed by atoms with Gasteiger partial charge in [-0.3, -0.25) is 0 Å². The Morgan fingerprint density at radius 1 is 1.57 bits per heavy atom.